The first-order chi connectivity index (χ1) is 13.3. The van der Waals surface area contributed by atoms with E-state index in [4.69, 9.17) is 16.2 Å². The summed E-state index contributed by atoms with van der Waals surface area (Å²) in [5, 5.41) is 10.6. The molecule has 0 heterocycles. The van der Waals surface area contributed by atoms with Crippen molar-refractivity contribution >= 4 is 21.9 Å². The maximum absolute atomic E-state index is 12.6. The van der Waals surface area contributed by atoms with Crippen LogP contribution >= 0.6 is 0 Å². The van der Waals surface area contributed by atoms with Crippen molar-refractivity contribution in [3.63, 3.8) is 0 Å². The van der Waals surface area contributed by atoms with Gasteiger partial charge in [0, 0.05) is 6.42 Å². The summed E-state index contributed by atoms with van der Waals surface area (Å²) in [7, 11) is -5.33. The number of ketones is 1. The molecule has 0 spiro atoms. The van der Waals surface area contributed by atoms with Gasteiger partial charge in [-0.2, -0.15) is 8.42 Å². The van der Waals surface area contributed by atoms with E-state index in [0.29, 0.717) is 0 Å². The average molecular weight is 455 g/mol. The van der Waals surface area contributed by atoms with Gasteiger partial charge in [0.05, 0.1) is 12.1 Å². The predicted octanol–water partition coefficient (Wildman–Crippen LogP) is -2.28. The van der Waals surface area contributed by atoms with Gasteiger partial charge >= 0.3 is 45.6 Å². The number of hydrogen-bond acceptors (Lipinski definition) is 8. The molecule has 9 nitrogen and oxygen atoms in total. The van der Waals surface area contributed by atoms with Gasteiger partial charge in [-0.15, -0.1) is 0 Å². The van der Waals surface area contributed by atoms with Gasteiger partial charge in [0.15, 0.2) is 0 Å². The number of hydrogen-bond donors (Lipinski definition) is 4. The predicted molar refractivity (Wildman–Crippen MR) is 108 cm³/mol. The zero-order valence-electron chi connectivity index (χ0n) is 18.8. The summed E-state index contributed by atoms with van der Waals surface area (Å²) in [5.41, 5.74) is 12.3. The molecular weight excluding hydrogens is 423 g/mol. The molecule has 30 heavy (non-hydrogen) atoms. The van der Waals surface area contributed by atoms with Gasteiger partial charge in [-0.05, 0) is 23.8 Å². The Morgan fingerprint density at radius 2 is 1.70 bits per heavy atom. The van der Waals surface area contributed by atoms with E-state index in [1.54, 1.807) is 38.1 Å². The number of Topliss-reactive ketones (excluding diaryl/α,β-unsaturated/α-hetero) is 1. The Balaban J connectivity index is 0. The molecule has 1 rings (SSSR count). The van der Waals surface area contributed by atoms with Gasteiger partial charge in [-0.25, -0.2) is 0 Å². The number of carbonyl (C=O) groups is 2. The van der Waals surface area contributed by atoms with E-state index in [1.165, 1.54) is 6.92 Å². The molecule has 11 heteroatoms. The summed E-state index contributed by atoms with van der Waals surface area (Å²) in [4.78, 5) is 21.3. The molecule has 6 N–H and O–H groups in total. The topological polar surface area (TPSA) is 170 Å². The summed E-state index contributed by atoms with van der Waals surface area (Å²) >= 11 is 0. The van der Waals surface area contributed by atoms with Crippen molar-refractivity contribution in [2.24, 2.45) is 23.3 Å². The first-order valence-electron chi connectivity index (χ1n) is 9.25. The Morgan fingerprint density at radius 3 is 2.17 bits per heavy atom. The molecule has 0 aliphatic heterocycles. The molecule has 0 saturated carbocycles. The summed E-state index contributed by atoms with van der Waals surface area (Å²) < 4.78 is 38.4. The molecule has 0 fully saturated rings. The number of aliphatic hydroxyl groups is 1. The molecule has 0 aliphatic rings. The van der Waals surface area contributed by atoms with Gasteiger partial charge in [-0.3, -0.25) is 14.1 Å². The molecular formula is C19H31N2NaO7S. The van der Waals surface area contributed by atoms with Crippen LogP contribution in [0.1, 0.15) is 40.6 Å². The van der Waals surface area contributed by atoms with Crippen molar-refractivity contribution in [1.82, 2.24) is 0 Å². The van der Waals surface area contributed by atoms with E-state index in [1.807, 2.05) is 6.07 Å². The number of rotatable bonds is 11. The third kappa shape index (κ3) is 7.69. The third-order valence-electron chi connectivity index (χ3n) is 4.60. The van der Waals surface area contributed by atoms with Gasteiger partial charge < -0.3 is 22.7 Å². The molecule has 0 aromatic heterocycles. The van der Waals surface area contributed by atoms with E-state index in [2.05, 4.69) is 0 Å². The molecule has 1 aromatic rings. The Labute approximate surface area is 201 Å². The first-order valence-corrected chi connectivity index (χ1v) is 10.7. The van der Waals surface area contributed by atoms with Gasteiger partial charge in [0.25, 0.3) is 4.93 Å². The fourth-order valence-electron chi connectivity index (χ4n) is 2.92. The summed E-state index contributed by atoms with van der Waals surface area (Å²) in [6.45, 7) is 4.88. The largest absolute Gasteiger partial charge is 1.00 e. The second kappa shape index (κ2) is 12.3. The zero-order valence-corrected chi connectivity index (χ0v) is 20.6. The summed E-state index contributed by atoms with van der Waals surface area (Å²) in [6.07, 6.45) is -0.296. The molecule has 0 radical (unpaired) electrons. The molecule has 0 bridgehead atoms. The molecule has 4 atom stereocenters. The Kier molecular flexibility index (Phi) is 11.9. The second-order valence-corrected chi connectivity index (χ2v) is 9.20. The maximum atomic E-state index is 12.6. The van der Waals surface area contributed by atoms with Crippen LogP contribution < -0.4 is 41.0 Å². The normalized spacial score (nSPS) is 16.7. The number of ether oxygens (including phenoxy) is 1. The van der Waals surface area contributed by atoms with Crippen LogP contribution in [-0.2, 0) is 31.1 Å². The van der Waals surface area contributed by atoms with Crippen LogP contribution in [0.4, 0.5) is 0 Å². The van der Waals surface area contributed by atoms with Crippen molar-refractivity contribution in [2.45, 2.75) is 57.2 Å². The average Bonchev–Trinajstić information content (AvgIpc) is 2.63. The van der Waals surface area contributed by atoms with Crippen molar-refractivity contribution in [2.75, 3.05) is 0 Å². The SMILES string of the molecule is CC(C)C[C@@H](N)C(=O)C(O)(C(N)C(C)CC(=O)OCc1ccccc1)S(=O)(=O)O.[H-].[Na+]. The quantitative estimate of drug-likeness (QED) is 0.163. The van der Waals surface area contributed by atoms with Gasteiger partial charge in [0.1, 0.15) is 6.61 Å². The van der Waals surface area contributed by atoms with Crippen LogP contribution in [0.2, 0.25) is 0 Å². The third-order valence-corrected chi connectivity index (χ3v) is 5.86. The minimum absolute atomic E-state index is 0. The van der Waals surface area contributed by atoms with Crippen molar-refractivity contribution in [3.05, 3.63) is 35.9 Å². The zero-order chi connectivity index (χ0) is 22.4. The second-order valence-electron chi connectivity index (χ2n) is 7.63. The number of esters is 1. The van der Waals surface area contributed by atoms with Crippen molar-refractivity contribution in [3.8, 4) is 0 Å². The Hall–Kier alpha value is -0.850. The van der Waals surface area contributed by atoms with E-state index >= 15 is 0 Å². The first kappa shape index (κ1) is 29.1. The monoisotopic (exact) mass is 454 g/mol. The molecule has 0 saturated heterocycles. The standard InChI is InChI=1S/C19H30N2O7S.Na.H/c1-12(2)9-15(20)18(23)19(24,29(25,26)27)17(21)13(3)10-16(22)28-11-14-7-5-4-6-8-14;;/h4-8,12-13,15,17,24H,9-11,20-21H2,1-3H3,(H,25,26,27);;/q;+1;-1/t13?,15-,17?,19?;;/m1../s1. The molecule has 166 valence electrons. The van der Waals surface area contributed by atoms with E-state index in [0.717, 1.165) is 5.56 Å². The molecule has 0 amide bonds. The van der Waals surface area contributed by atoms with Gasteiger partial charge in [0.2, 0.25) is 5.78 Å². The molecule has 0 aliphatic carbocycles. The van der Waals surface area contributed by atoms with E-state index < -0.39 is 44.8 Å². The van der Waals surface area contributed by atoms with E-state index in [9.17, 15) is 27.7 Å². The Morgan fingerprint density at radius 1 is 1.17 bits per heavy atom. The number of nitrogens with two attached hydrogens (primary N) is 2. The summed E-state index contributed by atoms with van der Waals surface area (Å²) in [5.74, 6) is -3.10. The van der Waals surface area contributed by atoms with Crippen LogP contribution in [0.5, 0.6) is 0 Å². The van der Waals surface area contributed by atoms with Crippen LogP contribution in [0.15, 0.2) is 30.3 Å². The Bertz CT molecular complexity index is 811. The van der Waals surface area contributed by atoms with Crippen LogP contribution in [-0.4, -0.2) is 46.8 Å². The number of benzene rings is 1. The minimum Gasteiger partial charge on any atom is -1.00 e. The van der Waals surface area contributed by atoms with Crippen LogP contribution in [0.3, 0.4) is 0 Å². The van der Waals surface area contributed by atoms with Gasteiger partial charge in [-0.1, -0.05) is 51.1 Å². The van der Waals surface area contributed by atoms with E-state index in [-0.39, 0.29) is 56.4 Å². The minimum atomic E-state index is -5.33. The van der Waals surface area contributed by atoms with Crippen LogP contribution in [0.25, 0.3) is 0 Å². The maximum Gasteiger partial charge on any atom is 1.00 e. The molecule has 1 aromatic carbocycles. The smallest absolute Gasteiger partial charge is 1.00 e. The fourth-order valence-corrected chi connectivity index (χ4v) is 3.90. The summed E-state index contributed by atoms with van der Waals surface area (Å²) in [6, 6.07) is 5.73. The fraction of sp³-hybridized carbons (Fsp3) is 0.579. The van der Waals surface area contributed by atoms with Crippen LogP contribution in [0, 0.1) is 11.8 Å². The molecule has 3 unspecified atom stereocenters. The van der Waals surface area contributed by atoms with Crippen molar-refractivity contribution < 1.29 is 63.4 Å². The number of carbonyl (C=O) groups excluding carboxylic acids is 2. The van der Waals surface area contributed by atoms with Crippen molar-refractivity contribution in [1.29, 1.82) is 0 Å².